The first kappa shape index (κ1) is 21.7. The minimum Gasteiger partial charge on any atom is -0.464 e. The number of aryl methyl sites for hydroxylation is 1. The Kier molecular flexibility index (Phi) is 6.30. The molecular weight excluding hydrogens is 432 g/mol. The standard InChI is InChI=1S/C20H24N8O3S/c1-4-31-18(29)13-8-9-14-16(23-13)25-20(32-14)26-19(30)24-15-7-5-6-12(22-15)17-27-21-10-28(17)11(2)3/h5-7,10-11,13,23H,4,8-9H2,1-3H3,(H2,22,24,25,26,30). The molecule has 0 radical (unpaired) electrons. The molecule has 168 valence electrons. The van der Waals surface area contributed by atoms with Crippen molar-refractivity contribution in [1.29, 1.82) is 0 Å². The monoisotopic (exact) mass is 456 g/mol. The second-order valence-electron chi connectivity index (χ2n) is 7.42. The van der Waals surface area contributed by atoms with Crippen LogP contribution in [0.25, 0.3) is 11.5 Å². The van der Waals surface area contributed by atoms with Crippen LogP contribution in [0.5, 0.6) is 0 Å². The lowest BCUT2D eigenvalue weighted by atomic mass is 10.1. The van der Waals surface area contributed by atoms with Crippen molar-refractivity contribution in [3.8, 4) is 11.5 Å². The Morgan fingerprint density at radius 1 is 1.31 bits per heavy atom. The molecule has 1 aliphatic rings. The van der Waals surface area contributed by atoms with E-state index in [9.17, 15) is 9.59 Å². The second kappa shape index (κ2) is 9.30. The molecule has 0 aliphatic carbocycles. The molecule has 0 bridgehead atoms. The Bertz CT molecular complexity index is 1130. The SMILES string of the molecule is CCOC(=O)C1CCc2sc(NC(=O)Nc3cccc(-c4nncn4C(C)C)n3)nc2N1. The van der Waals surface area contributed by atoms with Crippen molar-refractivity contribution in [1.82, 2.24) is 24.7 Å². The highest BCUT2D eigenvalue weighted by molar-refractivity contribution is 7.16. The topological polar surface area (TPSA) is 136 Å². The summed E-state index contributed by atoms with van der Waals surface area (Å²) in [5.41, 5.74) is 0.605. The predicted molar refractivity (Wildman–Crippen MR) is 121 cm³/mol. The number of urea groups is 1. The number of carbonyl (C=O) groups is 2. The van der Waals surface area contributed by atoms with E-state index in [1.54, 1.807) is 25.4 Å². The Balaban J connectivity index is 1.41. The summed E-state index contributed by atoms with van der Waals surface area (Å²) in [5.74, 6) is 1.31. The summed E-state index contributed by atoms with van der Waals surface area (Å²) in [6.07, 6.45) is 2.96. The lowest BCUT2D eigenvalue weighted by molar-refractivity contribution is -0.144. The third kappa shape index (κ3) is 4.69. The summed E-state index contributed by atoms with van der Waals surface area (Å²) in [7, 11) is 0. The lowest BCUT2D eigenvalue weighted by Gasteiger charge is -2.21. The third-order valence-electron chi connectivity index (χ3n) is 4.81. The molecule has 1 aliphatic heterocycles. The van der Waals surface area contributed by atoms with E-state index in [0.717, 1.165) is 4.88 Å². The quantitative estimate of drug-likeness (QED) is 0.481. The van der Waals surface area contributed by atoms with Gasteiger partial charge in [-0.3, -0.25) is 10.6 Å². The van der Waals surface area contributed by atoms with Crippen molar-refractivity contribution < 1.29 is 14.3 Å². The number of nitrogens with one attached hydrogen (secondary N) is 3. The molecular formula is C20H24N8O3S. The fraction of sp³-hybridized carbons (Fsp3) is 0.400. The van der Waals surface area contributed by atoms with Gasteiger partial charge in [-0.2, -0.15) is 0 Å². The number of nitrogens with zero attached hydrogens (tertiary/aromatic N) is 5. The van der Waals surface area contributed by atoms with Crippen LogP contribution in [0.4, 0.5) is 21.6 Å². The van der Waals surface area contributed by atoms with Gasteiger partial charge in [0, 0.05) is 6.04 Å². The molecule has 32 heavy (non-hydrogen) atoms. The molecule has 3 N–H and O–H groups in total. The van der Waals surface area contributed by atoms with Gasteiger partial charge in [0.05, 0.1) is 11.5 Å². The number of esters is 1. The molecule has 3 aromatic rings. The van der Waals surface area contributed by atoms with Crippen LogP contribution in [-0.2, 0) is 16.0 Å². The Labute approximate surface area is 188 Å². The maximum atomic E-state index is 12.5. The number of hydrogen-bond donors (Lipinski definition) is 3. The van der Waals surface area contributed by atoms with Crippen LogP contribution in [-0.4, -0.2) is 49.4 Å². The average Bonchev–Trinajstić information content (AvgIpc) is 3.40. The number of carbonyl (C=O) groups excluding carboxylic acids is 2. The molecule has 11 nitrogen and oxygen atoms in total. The minimum absolute atomic E-state index is 0.176. The van der Waals surface area contributed by atoms with Crippen molar-refractivity contribution in [3.63, 3.8) is 0 Å². The van der Waals surface area contributed by atoms with Crippen LogP contribution in [0.15, 0.2) is 24.5 Å². The van der Waals surface area contributed by atoms with Crippen LogP contribution in [0.1, 0.15) is 38.1 Å². The van der Waals surface area contributed by atoms with E-state index in [1.165, 1.54) is 11.3 Å². The molecule has 0 saturated heterocycles. The molecule has 4 heterocycles. The van der Waals surface area contributed by atoms with Gasteiger partial charge in [-0.1, -0.05) is 17.4 Å². The number of amides is 2. The number of ether oxygens (including phenoxy) is 1. The summed E-state index contributed by atoms with van der Waals surface area (Å²) in [4.78, 5) is 34.3. The Hall–Kier alpha value is -3.54. The number of hydrogen-bond acceptors (Lipinski definition) is 9. The molecule has 12 heteroatoms. The van der Waals surface area contributed by atoms with Crippen LogP contribution in [0, 0.1) is 0 Å². The fourth-order valence-electron chi connectivity index (χ4n) is 3.30. The van der Waals surface area contributed by atoms with Crippen LogP contribution in [0.2, 0.25) is 0 Å². The molecule has 2 amide bonds. The van der Waals surface area contributed by atoms with Crippen molar-refractivity contribution in [2.45, 2.75) is 45.7 Å². The molecule has 0 saturated carbocycles. The number of anilines is 3. The normalized spacial score (nSPS) is 15.1. The molecule has 1 atom stereocenters. The summed E-state index contributed by atoms with van der Waals surface area (Å²) in [6, 6.07) is 4.58. The van der Waals surface area contributed by atoms with Gasteiger partial charge in [0.1, 0.15) is 29.7 Å². The first-order chi connectivity index (χ1) is 15.4. The molecule has 4 rings (SSSR count). The van der Waals surface area contributed by atoms with E-state index in [0.29, 0.717) is 47.7 Å². The molecule has 3 aromatic heterocycles. The van der Waals surface area contributed by atoms with Crippen LogP contribution in [0.3, 0.4) is 0 Å². The van der Waals surface area contributed by atoms with E-state index in [-0.39, 0.29) is 12.0 Å². The Morgan fingerprint density at radius 2 is 2.16 bits per heavy atom. The lowest BCUT2D eigenvalue weighted by Crippen LogP contribution is -2.34. The highest BCUT2D eigenvalue weighted by atomic mass is 32.1. The van der Waals surface area contributed by atoms with Crippen molar-refractivity contribution >= 4 is 40.1 Å². The highest BCUT2D eigenvalue weighted by Gasteiger charge is 2.28. The van der Waals surface area contributed by atoms with Crippen molar-refractivity contribution in [3.05, 3.63) is 29.4 Å². The maximum Gasteiger partial charge on any atom is 0.328 e. The summed E-state index contributed by atoms with van der Waals surface area (Å²) in [6.45, 7) is 6.16. The molecule has 0 aromatic carbocycles. The molecule has 0 fully saturated rings. The van der Waals surface area contributed by atoms with Gasteiger partial charge in [-0.05, 0) is 45.7 Å². The van der Waals surface area contributed by atoms with E-state index in [1.807, 2.05) is 24.5 Å². The van der Waals surface area contributed by atoms with E-state index in [2.05, 4.69) is 36.1 Å². The van der Waals surface area contributed by atoms with Gasteiger partial charge < -0.3 is 14.6 Å². The van der Waals surface area contributed by atoms with Crippen molar-refractivity contribution in [2.75, 3.05) is 22.6 Å². The van der Waals surface area contributed by atoms with Crippen molar-refractivity contribution in [2.24, 2.45) is 0 Å². The zero-order valence-corrected chi connectivity index (χ0v) is 18.8. The van der Waals surface area contributed by atoms with Crippen LogP contribution < -0.4 is 16.0 Å². The third-order valence-corrected chi connectivity index (χ3v) is 5.84. The van der Waals surface area contributed by atoms with Gasteiger partial charge in [-0.15, -0.1) is 10.2 Å². The average molecular weight is 457 g/mol. The fourth-order valence-corrected chi connectivity index (χ4v) is 4.23. The predicted octanol–water partition coefficient (Wildman–Crippen LogP) is 3.31. The molecule has 0 spiro atoms. The number of aromatic nitrogens is 5. The van der Waals surface area contributed by atoms with E-state index >= 15 is 0 Å². The van der Waals surface area contributed by atoms with Gasteiger partial charge in [-0.25, -0.2) is 19.6 Å². The maximum absolute atomic E-state index is 12.5. The van der Waals surface area contributed by atoms with E-state index < -0.39 is 12.1 Å². The summed E-state index contributed by atoms with van der Waals surface area (Å²) in [5, 5.41) is 17.1. The largest absolute Gasteiger partial charge is 0.464 e. The number of thiazole rings is 1. The van der Waals surface area contributed by atoms with Gasteiger partial charge in [0.25, 0.3) is 0 Å². The number of pyridine rings is 1. The zero-order chi connectivity index (χ0) is 22.7. The summed E-state index contributed by atoms with van der Waals surface area (Å²) < 4.78 is 6.97. The summed E-state index contributed by atoms with van der Waals surface area (Å²) >= 11 is 1.37. The second-order valence-corrected chi connectivity index (χ2v) is 8.50. The number of rotatable bonds is 6. The smallest absolute Gasteiger partial charge is 0.328 e. The van der Waals surface area contributed by atoms with Gasteiger partial charge in [0.15, 0.2) is 11.0 Å². The highest BCUT2D eigenvalue weighted by Crippen LogP contribution is 2.33. The van der Waals surface area contributed by atoms with Gasteiger partial charge >= 0.3 is 12.0 Å². The molecule has 1 unspecified atom stereocenters. The first-order valence-corrected chi connectivity index (χ1v) is 11.1. The van der Waals surface area contributed by atoms with Gasteiger partial charge in [0.2, 0.25) is 0 Å². The van der Waals surface area contributed by atoms with E-state index in [4.69, 9.17) is 4.74 Å². The first-order valence-electron chi connectivity index (χ1n) is 10.3. The minimum atomic E-state index is -0.465. The zero-order valence-electron chi connectivity index (χ0n) is 18.0. The Morgan fingerprint density at radius 3 is 2.94 bits per heavy atom. The van der Waals surface area contributed by atoms with Crippen LogP contribution >= 0.6 is 11.3 Å². The number of fused-ring (bicyclic) bond motifs is 1.